The van der Waals surface area contributed by atoms with Crippen molar-refractivity contribution in [3.63, 3.8) is 0 Å². The summed E-state index contributed by atoms with van der Waals surface area (Å²) in [6.07, 6.45) is 1.41. The number of nitrogens with one attached hydrogen (secondary N) is 1. The zero-order chi connectivity index (χ0) is 14.5. The predicted molar refractivity (Wildman–Crippen MR) is 80.1 cm³/mol. The number of hydrogen-bond donors (Lipinski definition) is 2. The van der Waals surface area contributed by atoms with Crippen LogP contribution in [0.5, 0.6) is 5.75 Å². The lowest BCUT2D eigenvalue weighted by molar-refractivity contribution is 0.102. The Labute approximate surface area is 121 Å². The van der Waals surface area contributed by atoms with Crippen LogP contribution in [0.15, 0.2) is 41.0 Å². The van der Waals surface area contributed by atoms with Crippen molar-refractivity contribution in [2.75, 3.05) is 11.9 Å². The van der Waals surface area contributed by atoms with Crippen LogP contribution in [0.25, 0.3) is 0 Å². The molecule has 20 heavy (non-hydrogen) atoms. The maximum atomic E-state index is 12.0. The number of amides is 1. The molecule has 1 heterocycles. The lowest BCUT2D eigenvalue weighted by Crippen LogP contribution is -2.18. The molecule has 1 amide bonds. The summed E-state index contributed by atoms with van der Waals surface area (Å²) in [6.45, 7) is 1.94. The van der Waals surface area contributed by atoms with Gasteiger partial charge in [0, 0.05) is 11.8 Å². The molecule has 6 heteroatoms. The first kappa shape index (κ1) is 14.1. The van der Waals surface area contributed by atoms with Gasteiger partial charge in [0.1, 0.15) is 29.4 Å². The molecule has 0 saturated heterocycles. The van der Waals surface area contributed by atoms with E-state index in [9.17, 15) is 4.79 Å². The average Bonchev–Trinajstić information content (AvgIpc) is 2.84. The van der Waals surface area contributed by atoms with Crippen LogP contribution in [-0.2, 0) is 0 Å². The zero-order valence-corrected chi connectivity index (χ0v) is 11.7. The van der Waals surface area contributed by atoms with Gasteiger partial charge < -0.3 is 20.2 Å². The number of ether oxygens (including phenoxy) is 1. The number of aryl methyl sites for hydroxylation is 1. The van der Waals surface area contributed by atoms with Crippen molar-refractivity contribution in [3.05, 3.63) is 47.9 Å². The fourth-order valence-corrected chi connectivity index (χ4v) is 1.64. The van der Waals surface area contributed by atoms with Gasteiger partial charge in [-0.05, 0) is 25.1 Å². The fraction of sp³-hybridized carbons (Fsp3) is 0.143. The Bertz CT molecular complexity index is 637. The molecule has 0 radical (unpaired) electrons. The molecule has 0 atom stereocenters. The van der Waals surface area contributed by atoms with Crippen molar-refractivity contribution >= 4 is 28.8 Å². The number of thiocarbonyl (C=S) groups is 1. The van der Waals surface area contributed by atoms with Gasteiger partial charge in [0.2, 0.25) is 0 Å². The summed E-state index contributed by atoms with van der Waals surface area (Å²) in [5, 5.41) is 2.76. The maximum Gasteiger partial charge on any atom is 0.258 e. The molecule has 1 aromatic carbocycles. The van der Waals surface area contributed by atoms with Crippen LogP contribution >= 0.6 is 12.2 Å². The summed E-state index contributed by atoms with van der Waals surface area (Å²) in [7, 11) is 0. The summed E-state index contributed by atoms with van der Waals surface area (Å²) in [4.78, 5) is 12.2. The van der Waals surface area contributed by atoms with Gasteiger partial charge in [-0.25, -0.2) is 0 Å². The number of carbonyl (C=O) groups is 1. The molecule has 104 valence electrons. The molecule has 5 nitrogen and oxygen atoms in total. The molecule has 0 aliphatic carbocycles. The van der Waals surface area contributed by atoms with E-state index in [1.54, 1.807) is 37.3 Å². The summed E-state index contributed by atoms with van der Waals surface area (Å²) >= 11 is 4.74. The Balaban J connectivity index is 2.04. The van der Waals surface area contributed by atoms with Crippen molar-refractivity contribution < 1.29 is 13.9 Å². The van der Waals surface area contributed by atoms with Crippen molar-refractivity contribution in [3.8, 4) is 5.75 Å². The molecule has 0 aliphatic heterocycles. The number of rotatable bonds is 5. The minimum absolute atomic E-state index is 0.160. The topological polar surface area (TPSA) is 77.5 Å². The van der Waals surface area contributed by atoms with E-state index in [4.69, 9.17) is 27.1 Å². The van der Waals surface area contributed by atoms with Crippen molar-refractivity contribution in [2.45, 2.75) is 6.92 Å². The highest BCUT2D eigenvalue weighted by Crippen LogP contribution is 2.18. The molecule has 2 aromatic rings. The first-order valence-corrected chi connectivity index (χ1v) is 6.33. The first-order chi connectivity index (χ1) is 9.54. The number of anilines is 1. The van der Waals surface area contributed by atoms with Crippen molar-refractivity contribution in [1.82, 2.24) is 0 Å². The smallest absolute Gasteiger partial charge is 0.258 e. The second-order valence-electron chi connectivity index (χ2n) is 4.18. The monoisotopic (exact) mass is 290 g/mol. The van der Waals surface area contributed by atoms with Gasteiger partial charge in [0.25, 0.3) is 5.91 Å². The van der Waals surface area contributed by atoms with Gasteiger partial charge >= 0.3 is 0 Å². The lowest BCUT2D eigenvalue weighted by Gasteiger charge is -2.08. The maximum absolute atomic E-state index is 12.0. The minimum Gasteiger partial charge on any atom is -0.486 e. The van der Waals surface area contributed by atoms with Crippen molar-refractivity contribution in [1.29, 1.82) is 0 Å². The van der Waals surface area contributed by atoms with Crippen LogP contribution in [0.1, 0.15) is 16.1 Å². The number of carbonyl (C=O) groups excluding carboxylic acids is 1. The minimum atomic E-state index is -0.242. The molecule has 0 aliphatic rings. The summed E-state index contributed by atoms with van der Waals surface area (Å²) < 4.78 is 10.5. The van der Waals surface area contributed by atoms with Crippen LogP contribution in [-0.4, -0.2) is 17.5 Å². The van der Waals surface area contributed by atoms with E-state index in [2.05, 4.69) is 5.32 Å². The van der Waals surface area contributed by atoms with Gasteiger partial charge in [-0.15, -0.1) is 0 Å². The molecule has 0 bridgehead atoms. The quantitative estimate of drug-likeness (QED) is 0.827. The molecule has 0 spiro atoms. The van der Waals surface area contributed by atoms with Gasteiger partial charge in [-0.2, -0.15) is 0 Å². The second-order valence-corrected chi connectivity index (χ2v) is 4.71. The van der Waals surface area contributed by atoms with Crippen LogP contribution in [0.2, 0.25) is 0 Å². The highest BCUT2D eigenvalue weighted by molar-refractivity contribution is 7.80. The van der Waals surface area contributed by atoms with Crippen LogP contribution in [0.3, 0.4) is 0 Å². The highest BCUT2D eigenvalue weighted by atomic mass is 32.1. The SMILES string of the molecule is Cc1cc(C(=O)Nc2cccc(OCC(N)=S)c2)co1. The van der Waals surface area contributed by atoms with Gasteiger partial charge in [-0.1, -0.05) is 18.3 Å². The van der Waals surface area contributed by atoms with Gasteiger partial charge in [-0.3, -0.25) is 4.79 Å². The molecule has 2 rings (SSSR count). The fourth-order valence-electron chi connectivity index (χ4n) is 1.58. The molecule has 3 N–H and O–H groups in total. The third kappa shape index (κ3) is 3.83. The van der Waals surface area contributed by atoms with E-state index >= 15 is 0 Å². The van der Waals surface area contributed by atoms with Gasteiger partial charge in [0.15, 0.2) is 0 Å². The Hall–Kier alpha value is -2.34. The highest BCUT2D eigenvalue weighted by Gasteiger charge is 2.09. The van der Waals surface area contributed by atoms with Crippen molar-refractivity contribution in [2.24, 2.45) is 5.73 Å². The molecular formula is C14H14N2O3S. The Morgan fingerprint density at radius 3 is 2.90 bits per heavy atom. The summed E-state index contributed by atoms with van der Waals surface area (Å²) in [5.74, 6) is 1.02. The Kier molecular flexibility index (Phi) is 4.37. The third-order valence-corrected chi connectivity index (χ3v) is 2.58. The number of hydrogen-bond acceptors (Lipinski definition) is 4. The zero-order valence-electron chi connectivity index (χ0n) is 10.9. The van der Waals surface area contributed by atoms with E-state index in [0.29, 0.717) is 22.8 Å². The largest absolute Gasteiger partial charge is 0.486 e. The van der Waals surface area contributed by atoms with E-state index < -0.39 is 0 Å². The van der Waals surface area contributed by atoms with E-state index in [1.165, 1.54) is 6.26 Å². The molecule has 0 fully saturated rings. The van der Waals surface area contributed by atoms with Crippen LogP contribution in [0.4, 0.5) is 5.69 Å². The molecule has 1 aromatic heterocycles. The van der Waals surface area contributed by atoms with E-state index in [0.717, 1.165) is 0 Å². The average molecular weight is 290 g/mol. The number of furan rings is 1. The number of nitrogens with two attached hydrogens (primary N) is 1. The summed E-state index contributed by atoms with van der Waals surface area (Å²) in [6, 6.07) is 8.66. The summed E-state index contributed by atoms with van der Waals surface area (Å²) in [5.41, 5.74) is 6.45. The lowest BCUT2D eigenvalue weighted by atomic mass is 10.2. The Morgan fingerprint density at radius 1 is 1.45 bits per heavy atom. The van der Waals surface area contributed by atoms with Gasteiger partial charge in [0.05, 0.1) is 5.56 Å². The molecular weight excluding hydrogens is 276 g/mol. The van der Waals surface area contributed by atoms with Crippen LogP contribution < -0.4 is 15.8 Å². The Morgan fingerprint density at radius 2 is 2.25 bits per heavy atom. The first-order valence-electron chi connectivity index (χ1n) is 5.92. The molecule has 0 unspecified atom stereocenters. The predicted octanol–water partition coefficient (Wildman–Crippen LogP) is 2.51. The van der Waals surface area contributed by atoms with Crippen LogP contribution in [0, 0.1) is 6.92 Å². The standard InChI is InChI=1S/C14H14N2O3S/c1-9-5-10(7-18-9)14(17)16-11-3-2-4-12(6-11)19-8-13(15)20/h2-7H,8H2,1H3,(H2,15,20)(H,16,17). The van der Waals surface area contributed by atoms with E-state index in [1.807, 2.05) is 0 Å². The molecule has 0 saturated carbocycles. The number of benzene rings is 1. The second kappa shape index (κ2) is 6.21. The normalized spacial score (nSPS) is 10.1. The van der Waals surface area contributed by atoms with E-state index in [-0.39, 0.29) is 17.5 Å². The third-order valence-electron chi connectivity index (χ3n) is 2.47.